The number of aryl methyl sites for hydroxylation is 1. The van der Waals surface area contributed by atoms with Gasteiger partial charge >= 0.3 is 0 Å². The third-order valence-electron chi connectivity index (χ3n) is 2.42. The van der Waals surface area contributed by atoms with E-state index in [-0.39, 0.29) is 10.6 Å². The van der Waals surface area contributed by atoms with Gasteiger partial charge in [-0.25, -0.2) is 13.1 Å². The van der Waals surface area contributed by atoms with Crippen molar-refractivity contribution in [3.63, 3.8) is 0 Å². The highest BCUT2D eigenvalue weighted by Crippen LogP contribution is 2.18. The van der Waals surface area contributed by atoms with E-state index in [9.17, 15) is 8.42 Å². The number of nitrogens with one attached hydrogen (secondary N) is 1. The zero-order valence-corrected chi connectivity index (χ0v) is 11.6. The Morgan fingerprint density at radius 3 is 2.72 bits per heavy atom. The Bertz CT molecular complexity index is 486. The molecule has 0 unspecified atom stereocenters. The first-order valence-corrected chi connectivity index (χ1v) is 7.39. The highest BCUT2D eigenvalue weighted by Gasteiger charge is 2.16. The molecular weight excluding hydrogens is 252 g/mol. The summed E-state index contributed by atoms with van der Waals surface area (Å²) in [4.78, 5) is 0.129. The molecule has 102 valence electrons. The molecule has 0 aromatic heterocycles. The first-order chi connectivity index (χ1) is 8.47. The predicted molar refractivity (Wildman–Crippen MR) is 71.9 cm³/mol. The number of hydrogen-bond acceptors (Lipinski definition) is 4. The minimum atomic E-state index is -3.53. The molecule has 0 amide bonds. The molecule has 0 bridgehead atoms. The van der Waals surface area contributed by atoms with Crippen LogP contribution < -0.4 is 10.5 Å². The zero-order valence-electron chi connectivity index (χ0n) is 10.8. The quantitative estimate of drug-likeness (QED) is 0.579. The van der Waals surface area contributed by atoms with Gasteiger partial charge in [-0.3, -0.25) is 0 Å². The maximum absolute atomic E-state index is 12.0. The van der Waals surface area contributed by atoms with Crippen LogP contribution in [0, 0.1) is 6.92 Å². The third kappa shape index (κ3) is 4.29. The Morgan fingerprint density at radius 2 is 2.11 bits per heavy atom. The number of nitrogen functional groups attached to an aromatic ring is 1. The molecule has 1 aromatic rings. The molecule has 0 saturated carbocycles. The number of benzene rings is 1. The van der Waals surface area contributed by atoms with Crippen molar-refractivity contribution in [2.75, 3.05) is 25.5 Å². The second-order valence-electron chi connectivity index (χ2n) is 3.99. The standard InChI is InChI=1S/C12H20N2O3S/c1-3-17-8-4-7-14-18(15,16)12-6-5-10(2)9-11(12)13/h5-6,9,14H,3-4,7-8,13H2,1-2H3. The molecule has 0 aliphatic rings. The molecule has 0 heterocycles. The second-order valence-corrected chi connectivity index (χ2v) is 5.72. The SMILES string of the molecule is CCOCCCNS(=O)(=O)c1ccc(C)cc1N. The monoisotopic (exact) mass is 272 g/mol. The van der Waals surface area contributed by atoms with Crippen LogP contribution in [0.5, 0.6) is 0 Å². The maximum atomic E-state index is 12.0. The van der Waals surface area contributed by atoms with Crippen LogP contribution >= 0.6 is 0 Å². The molecule has 0 saturated heterocycles. The maximum Gasteiger partial charge on any atom is 0.242 e. The summed E-state index contributed by atoms with van der Waals surface area (Å²) in [5, 5.41) is 0. The molecular formula is C12H20N2O3S. The van der Waals surface area contributed by atoms with Crippen molar-refractivity contribution >= 4 is 15.7 Å². The number of anilines is 1. The van der Waals surface area contributed by atoms with Gasteiger partial charge in [0.05, 0.1) is 5.69 Å². The fraction of sp³-hybridized carbons (Fsp3) is 0.500. The summed E-state index contributed by atoms with van der Waals surface area (Å²) in [7, 11) is -3.53. The molecule has 1 aromatic carbocycles. The fourth-order valence-electron chi connectivity index (χ4n) is 1.52. The van der Waals surface area contributed by atoms with Crippen molar-refractivity contribution in [1.29, 1.82) is 0 Å². The van der Waals surface area contributed by atoms with Crippen LogP contribution in [0.4, 0.5) is 5.69 Å². The lowest BCUT2D eigenvalue weighted by atomic mass is 10.2. The summed E-state index contributed by atoms with van der Waals surface area (Å²) < 4.78 is 31.6. The van der Waals surface area contributed by atoms with Crippen LogP contribution in [0.25, 0.3) is 0 Å². The van der Waals surface area contributed by atoms with Crippen molar-refractivity contribution in [2.24, 2.45) is 0 Å². The Balaban J connectivity index is 2.63. The van der Waals surface area contributed by atoms with Crippen LogP contribution in [0.1, 0.15) is 18.9 Å². The van der Waals surface area contributed by atoms with E-state index in [2.05, 4.69) is 4.72 Å². The molecule has 0 radical (unpaired) electrons. The number of sulfonamides is 1. The molecule has 18 heavy (non-hydrogen) atoms. The van der Waals surface area contributed by atoms with Crippen LogP contribution in [0.15, 0.2) is 23.1 Å². The van der Waals surface area contributed by atoms with Gasteiger partial charge in [-0.2, -0.15) is 0 Å². The van der Waals surface area contributed by atoms with Crippen LogP contribution in [-0.4, -0.2) is 28.2 Å². The second kappa shape index (κ2) is 6.72. The van der Waals surface area contributed by atoms with Crippen LogP contribution in [-0.2, 0) is 14.8 Å². The zero-order chi connectivity index (χ0) is 13.6. The summed E-state index contributed by atoms with van der Waals surface area (Å²) in [5.41, 5.74) is 6.92. The Kier molecular flexibility index (Phi) is 5.58. The van der Waals surface area contributed by atoms with E-state index < -0.39 is 10.0 Å². The molecule has 0 atom stereocenters. The summed E-state index contributed by atoms with van der Waals surface area (Å²) in [6.45, 7) is 5.29. The van der Waals surface area contributed by atoms with Gasteiger partial charge in [0.15, 0.2) is 0 Å². The van der Waals surface area contributed by atoms with Crippen molar-refractivity contribution < 1.29 is 13.2 Å². The molecule has 6 heteroatoms. The fourth-order valence-corrected chi connectivity index (χ4v) is 2.70. The van der Waals surface area contributed by atoms with Crippen LogP contribution in [0.2, 0.25) is 0 Å². The van der Waals surface area contributed by atoms with Gasteiger partial charge in [0.1, 0.15) is 4.90 Å². The van der Waals surface area contributed by atoms with Gasteiger partial charge in [0.2, 0.25) is 10.0 Å². The van der Waals surface area contributed by atoms with E-state index in [0.29, 0.717) is 26.2 Å². The third-order valence-corrected chi connectivity index (χ3v) is 3.95. The largest absolute Gasteiger partial charge is 0.398 e. The first-order valence-electron chi connectivity index (χ1n) is 5.91. The van der Waals surface area contributed by atoms with Crippen molar-refractivity contribution in [3.8, 4) is 0 Å². The van der Waals surface area contributed by atoms with Gasteiger partial charge in [-0.05, 0) is 38.0 Å². The van der Waals surface area contributed by atoms with Gasteiger partial charge < -0.3 is 10.5 Å². The van der Waals surface area contributed by atoms with E-state index >= 15 is 0 Å². The molecule has 0 aliphatic heterocycles. The number of hydrogen-bond donors (Lipinski definition) is 2. The van der Waals surface area contributed by atoms with E-state index in [1.165, 1.54) is 6.07 Å². The van der Waals surface area contributed by atoms with E-state index in [1.807, 2.05) is 13.8 Å². The molecule has 5 nitrogen and oxygen atoms in total. The highest BCUT2D eigenvalue weighted by molar-refractivity contribution is 7.89. The average Bonchev–Trinajstić information content (AvgIpc) is 2.28. The Hall–Kier alpha value is -1.11. The van der Waals surface area contributed by atoms with Crippen molar-refractivity contribution in [2.45, 2.75) is 25.2 Å². The van der Waals surface area contributed by atoms with E-state index in [0.717, 1.165) is 5.56 Å². The van der Waals surface area contributed by atoms with Gasteiger partial charge in [-0.1, -0.05) is 6.07 Å². The van der Waals surface area contributed by atoms with Crippen molar-refractivity contribution in [3.05, 3.63) is 23.8 Å². The van der Waals surface area contributed by atoms with E-state index in [4.69, 9.17) is 10.5 Å². The number of nitrogens with two attached hydrogens (primary N) is 1. The van der Waals surface area contributed by atoms with Gasteiger partial charge in [-0.15, -0.1) is 0 Å². The van der Waals surface area contributed by atoms with Crippen molar-refractivity contribution in [1.82, 2.24) is 4.72 Å². The molecule has 0 fully saturated rings. The lowest BCUT2D eigenvalue weighted by Gasteiger charge is -2.09. The minimum Gasteiger partial charge on any atom is -0.398 e. The Labute approximate surface area is 108 Å². The molecule has 0 aliphatic carbocycles. The predicted octanol–water partition coefficient (Wildman–Crippen LogP) is 1.28. The van der Waals surface area contributed by atoms with Gasteiger partial charge in [0.25, 0.3) is 0 Å². The molecule has 0 spiro atoms. The topological polar surface area (TPSA) is 81.4 Å². The lowest BCUT2D eigenvalue weighted by Crippen LogP contribution is -2.26. The average molecular weight is 272 g/mol. The number of rotatable bonds is 7. The molecule has 1 rings (SSSR count). The first kappa shape index (κ1) is 14.9. The Morgan fingerprint density at radius 1 is 1.39 bits per heavy atom. The van der Waals surface area contributed by atoms with E-state index in [1.54, 1.807) is 12.1 Å². The smallest absolute Gasteiger partial charge is 0.242 e. The van der Waals surface area contributed by atoms with Crippen LogP contribution in [0.3, 0.4) is 0 Å². The minimum absolute atomic E-state index is 0.129. The van der Waals surface area contributed by atoms with Gasteiger partial charge in [0, 0.05) is 19.8 Å². The highest BCUT2D eigenvalue weighted by atomic mass is 32.2. The lowest BCUT2D eigenvalue weighted by molar-refractivity contribution is 0.146. The summed E-state index contributed by atoms with van der Waals surface area (Å²) >= 11 is 0. The summed E-state index contributed by atoms with van der Waals surface area (Å²) in [5.74, 6) is 0. The normalized spacial score (nSPS) is 11.7. The summed E-state index contributed by atoms with van der Waals surface area (Å²) in [6, 6.07) is 4.90. The molecule has 3 N–H and O–H groups in total. The summed E-state index contributed by atoms with van der Waals surface area (Å²) in [6.07, 6.45) is 0.638. The number of ether oxygens (including phenoxy) is 1.